The Kier molecular flexibility index (Phi) is 14.1. The average molecular weight is 915 g/mol. The third-order valence-corrected chi connectivity index (χ3v) is 20.8. The number of hydrogen-bond acceptors (Lipinski definition) is 10. The van der Waals surface area contributed by atoms with Gasteiger partial charge in [0.25, 0.3) is 5.69 Å². The maximum absolute atomic E-state index is 15.5. The summed E-state index contributed by atoms with van der Waals surface area (Å²) >= 11 is 0. The van der Waals surface area contributed by atoms with Crippen LogP contribution in [0.25, 0.3) is 0 Å². The number of non-ortho nitro benzene ring substituents is 1. The first kappa shape index (κ1) is 48.2. The summed E-state index contributed by atoms with van der Waals surface area (Å²) in [6, 6.07) is 37.5. The highest BCUT2D eigenvalue weighted by Crippen LogP contribution is 2.51. The summed E-state index contributed by atoms with van der Waals surface area (Å²) < 4.78 is 18.2. The smallest absolute Gasteiger partial charge is 0.363 e. The van der Waals surface area contributed by atoms with Gasteiger partial charge in [0.05, 0.1) is 34.1 Å². The first-order chi connectivity index (χ1) is 30.6. The molecule has 338 valence electrons. The van der Waals surface area contributed by atoms with Crippen LogP contribution < -0.4 is 15.9 Å². The van der Waals surface area contributed by atoms with Crippen molar-refractivity contribution < 1.29 is 42.8 Å². The van der Waals surface area contributed by atoms with Gasteiger partial charge in [0.2, 0.25) is 5.91 Å². The number of carbonyl (C=O) groups excluding carboxylic acids is 5. The zero-order valence-electron chi connectivity index (χ0n) is 38.1. The van der Waals surface area contributed by atoms with E-state index in [1.54, 1.807) is 20.8 Å². The molecule has 3 unspecified atom stereocenters. The van der Waals surface area contributed by atoms with E-state index >= 15 is 9.59 Å². The number of nitrogens with zero attached hydrogens (tertiary/aromatic N) is 2. The number of ketones is 1. The topological polar surface area (TPSA) is 159 Å². The van der Waals surface area contributed by atoms with Crippen LogP contribution in [-0.2, 0) is 23.5 Å². The van der Waals surface area contributed by atoms with Crippen molar-refractivity contribution in [3.63, 3.8) is 0 Å². The molecule has 0 saturated carbocycles. The second kappa shape index (κ2) is 19.1. The first-order valence-electron chi connectivity index (χ1n) is 21.4. The van der Waals surface area contributed by atoms with Crippen LogP contribution in [0.2, 0.25) is 18.1 Å². The SMILES string of the molecule is CC(O[Si](C)(C)C(C)(C)C)C1C(=O)N(C(C(=O)OC(=O)c2ccc([N+](=O)[O-])cc2)=P(c2ccccc2)(c2ccccc2)c2ccccc2)C1CC(=O)c1ccc(C(=O)OC(C)(C)C)cc1. The van der Waals surface area contributed by atoms with E-state index in [0.717, 1.165) is 12.1 Å². The molecule has 1 saturated heterocycles. The molecule has 5 aromatic rings. The highest BCUT2D eigenvalue weighted by molar-refractivity contribution is 7.96. The Balaban J connectivity index is 1.60. The van der Waals surface area contributed by atoms with Gasteiger partial charge in [-0.2, -0.15) is 0 Å². The molecular weight excluding hydrogens is 860 g/mol. The van der Waals surface area contributed by atoms with Crippen molar-refractivity contribution in [2.75, 3.05) is 0 Å². The van der Waals surface area contributed by atoms with Gasteiger partial charge in [0, 0.05) is 31.0 Å². The molecule has 12 nitrogen and oxygen atoms in total. The maximum Gasteiger partial charge on any atom is 0.363 e. The Morgan fingerprint density at radius 2 is 1.12 bits per heavy atom. The van der Waals surface area contributed by atoms with Gasteiger partial charge in [-0.15, -0.1) is 0 Å². The van der Waals surface area contributed by atoms with Gasteiger partial charge >= 0.3 is 17.9 Å². The predicted octanol–water partition coefficient (Wildman–Crippen LogP) is 8.87. The predicted molar refractivity (Wildman–Crippen MR) is 256 cm³/mol. The highest BCUT2D eigenvalue weighted by Gasteiger charge is 2.57. The molecule has 5 aromatic carbocycles. The Labute approximate surface area is 381 Å². The number of nitro groups is 1. The summed E-state index contributed by atoms with van der Waals surface area (Å²) in [5.41, 5.74) is -0.734. The third-order valence-electron chi connectivity index (χ3n) is 12.0. The number of β-lactam (4-membered cyclic amide) rings is 1. The first-order valence-corrected chi connectivity index (χ1v) is 26.1. The standard InChI is InChI=1S/C51H55N2O10PSi/c1-34(63-65(8,9)51(5,6)7)44-42(33-43(54)35-25-27-37(28-26-35)48(57)62-50(2,3)4)52(45(44)55)46(49(58)61-47(56)36-29-31-38(32-30-36)53(59)60)64(39-19-13-10-14-20-39,40-21-15-11-16-22-40)41-23-17-12-18-24-41/h10-32,34,42,44H,33H2,1-9H3. The molecule has 3 atom stereocenters. The van der Waals surface area contributed by atoms with E-state index in [2.05, 4.69) is 33.9 Å². The Hall–Kier alpha value is -6.27. The number of carbonyl (C=O) groups is 5. The molecule has 1 heterocycles. The van der Waals surface area contributed by atoms with Gasteiger partial charge in [0.1, 0.15) is 11.0 Å². The summed E-state index contributed by atoms with van der Waals surface area (Å²) in [6.07, 6.45) is -0.970. The molecule has 0 N–H and O–H groups in total. The van der Waals surface area contributed by atoms with E-state index in [1.165, 1.54) is 41.3 Å². The number of hydrogen-bond donors (Lipinski definition) is 0. The highest BCUT2D eigenvalue weighted by atomic mass is 31.2. The molecule has 0 aromatic heterocycles. The Morgan fingerprint density at radius 3 is 1.55 bits per heavy atom. The van der Waals surface area contributed by atoms with Crippen molar-refractivity contribution >= 4 is 71.8 Å². The summed E-state index contributed by atoms with van der Waals surface area (Å²) in [5.74, 6) is -4.53. The minimum Gasteiger partial charge on any atom is -0.456 e. The molecule has 1 fully saturated rings. The largest absolute Gasteiger partial charge is 0.456 e. The van der Waals surface area contributed by atoms with Crippen molar-refractivity contribution in [3.8, 4) is 0 Å². The fourth-order valence-corrected chi connectivity index (χ4v) is 13.6. The van der Waals surface area contributed by atoms with E-state index < -0.39 is 67.6 Å². The zero-order chi connectivity index (χ0) is 47.5. The van der Waals surface area contributed by atoms with Gasteiger partial charge in [-0.05, 0) is 86.0 Å². The number of nitro benzene ring substituents is 1. The van der Waals surface area contributed by atoms with Crippen LogP contribution in [0.3, 0.4) is 0 Å². The van der Waals surface area contributed by atoms with Gasteiger partial charge in [-0.3, -0.25) is 19.7 Å². The minimum atomic E-state index is -3.55. The molecule has 14 heteroatoms. The number of amides is 1. The molecule has 1 aliphatic rings. The maximum atomic E-state index is 15.5. The van der Waals surface area contributed by atoms with Gasteiger partial charge in [-0.25, -0.2) is 14.4 Å². The van der Waals surface area contributed by atoms with Crippen molar-refractivity contribution in [2.24, 2.45) is 5.92 Å². The van der Waals surface area contributed by atoms with E-state index in [4.69, 9.17) is 13.9 Å². The van der Waals surface area contributed by atoms with E-state index in [1.807, 2.05) is 97.9 Å². The number of rotatable bonds is 14. The van der Waals surface area contributed by atoms with Crippen molar-refractivity contribution in [1.29, 1.82) is 0 Å². The van der Waals surface area contributed by atoms with Crippen LogP contribution in [0.1, 0.15) is 86.0 Å². The fraction of sp³-hybridized carbons (Fsp3) is 0.294. The lowest BCUT2D eigenvalue weighted by atomic mass is 9.79. The molecule has 0 aliphatic carbocycles. The van der Waals surface area contributed by atoms with E-state index in [9.17, 15) is 24.5 Å². The van der Waals surface area contributed by atoms with Crippen LogP contribution in [0.15, 0.2) is 140 Å². The molecular formula is C51H55N2O10PSi. The van der Waals surface area contributed by atoms with E-state index in [-0.39, 0.29) is 45.0 Å². The molecule has 0 bridgehead atoms. The van der Waals surface area contributed by atoms with Crippen LogP contribution in [0.4, 0.5) is 5.69 Å². The van der Waals surface area contributed by atoms with E-state index in [0.29, 0.717) is 15.9 Å². The summed E-state index contributed by atoms with van der Waals surface area (Å²) in [7, 11) is -2.52. The second-order valence-corrected chi connectivity index (χ2v) is 26.6. The molecule has 0 spiro atoms. The van der Waals surface area contributed by atoms with Crippen molar-refractivity contribution in [1.82, 2.24) is 4.90 Å². The van der Waals surface area contributed by atoms with Crippen LogP contribution in [0, 0.1) is 16.0 Å². The lowest BCUT2D eigenvalue weighted by molar-refractivity contribution is -0.384. The zero-order valence-corrected chi connectivity index (χ0v) is 40.0. The quantitative estimate of drug-likeness (QED) is 0.0154. The summed E-state index contributed by atoms with van der Waals surface area (Å²) in [5, 5.41) is 13.2. The van der Waals surface area contributed by atoms with Crippen LogP contribution in [-0.4, -0.2) is 70.9 Å². The summed E-state index contributed by atoms with van der Waals surface area (Å²) in [6.45, 7) is 14.0. The molecule has 6 rings (SSSR count). The minimum absolute atomic E-state index is 0.128. The number of esters is 3. The lowest BCUT2D eigenvalue weighted by Crippen LogP contribution is -2.69. The Bertz CT molecular complexity index is 2540. The number of Topliss-reactive ketones (excluding diaryl/α,β-unsaturated/α-hetero) is 1. The molecule has 1 aliphatic heterocycles. The number of likely N-dealkylation sites (tertiary alicyclic amines) is 1. The second-order valence-electron chi connectivity index (χ2n) is 18.6. The van der Waals surface area contributed by atoms with Gasteiger partial charge < -0.3 is 18.8 Å². The number of benzene rings is 5. The fourth-order valence-electron chi connectivity index (χ4n) is 7.79. The van der Waals surface area contributed by atoms with Crippen LogP contribution in [0.5, 0.6) is 0 Å². The van der Waals surface area contributed by atoms with Crippen molar-refractivity contribution in [2.45, 2.75) is 90.8 Å². The Morgan fingerprint density at radius 1 is 0.692 bits per heavy atom. The molecule has 0 radical (unpaired) electrons. The average Bonchev–Trinajstić information content (AvgIpc) is 3.26. The van der Waals surface area contributed by atoms with Gasteiger partial charge in [-0.1, -0.05) is 124 Å². The molecule has 65 heavy (non-hydrogen) atoms. The monoisotopic (exact) mass is 914 g/mol. The van der Waals surface area contributed by atoms with Crippen molar-refractivity contribution in [3.05, 3.63) is 166 Å². The van der Waals surface area contributed by atoms with Crippen LogP contribution >= 0.6 is 6.89 Å². The number of ether oxygens (including phenoxy) is 2. The molecule has 1 amide bonds. The lowest BCUT2D eigenvalue weighted by Gasteiger charge is -2.52. The van der Waals surface area contributed by atoms with Gasteiger partial charge in [0.15, 0.2) is 14.1 Å². The normalized spacial score (nSPS) is 15.9. The summed E-state index contributed by atoms with van der Waals surface area (Å²) in [4.78, 5) is 84.5. The third kappa shape index (κ3) is 10.2.